The molecule has 3 unspecified atom stereocenters. The lowest BCUT2D eigenvalue weighted by Crippen LogP contribution is -2.29. The second kappa shape index (κ2) is 5.91. The molecule has 1 aliphatic heterocycles. The Hall–Kier alpha value is -0.770. The number of ether oxygens (including phenoxy) is 2. The zero-order valence-corrected chi connectivity index (χ0v) is 11.8. The van der Waals surface area contributed by atoms with Gasteiger partial charge in [-0.15, -0.1) is 0 Å². The fourth-order valence-corrected chi connectivity index (χ4v) is 2.96. The highest BCUT2D eigenvalue weighted by atomic mass is 35.5. The van der Waals surface area contributed by atoms with Crippen molar-refractivity contribution in [2.75, 3.05) is 20.8 Å². The molecule has 0 spiro atoms. The minimum atomic E-state index is 0.223. The van der Waals surface area contributed by atoms with Crippen molar-refractivity contribution < 1.29 is 9.47 Å². The minimum Gasteiger partial charge on any atom is -0.497 e. The summed E-state index contributed by atoms with van der Waals surface area (Å²) < 4.78 is 10.8. The molecule has 1 aliphatic rings. The minimum absolute atomic E-state index is 0.223. The highest BCUT2D eigenvalue weighted by Crippen LogP contribution is 2.37. The van der Waals surface area contributed by atoms with Crippen molar-refractivity contribution in [2.24, 2.45) is 5.92 Å². The number of benzene rings is 1. The zero-order chi connectivity index (χ0) is 13.1. The summed E-state index contributed by atoms with van der Waals surface area (Å²) in [6.45, 7) is 2.96. The molecule has 1 fully saturated rings. The van der Waals surface area contributed by atoms with E-state index in [0.717, 1.165) is 29.4 Å². The number of hydrogen-bond acceptors (Lipinski definition) is 3. The topological polar surface area (TPSA) is 30.5 Å². The summed E-state index contributed by atoms with van der Waals surface area (Å²) in [6.07, 6.45) is 1.33. The van der Waals surface area contributed by atoms with Gasteiger partial charge in [0.1, 0.15) is 5.75 Å². The molecule has 3 atom stereocenters. The predicted molar refractivity (Wildman–Crippen MR) is 73.3 cm³/mol. The molecule has 3 nitrogen and oxygen atoms in total. The second-order valence-corrected chi connectivity index (χ2v) is 5.09. The maximum atomic E-state index is 6.35. The number of rotatable bonds is 4. The molecule has 1 heterocycles. The van der Waals surface area contributed by atoms with Crippen LogP contribution in [0.5, 0.6) is 5.75 Å². The van der Waals surface area contributed by atoms with E-state index < -0.39 is 0 Å². The summed E-state index contributed by atoms with van der Waals surface area (Å²) in [5.74, 6) is 1.25. The SMILES string of the molecule is CNC(c1ccc(OC)cc1Cl)C1CCOC1C. The molecule has 0 amide bonds. The third-order valence-electron chi connectivity index (χ3n) is 3.72. The van der Waals surface area contributed by atoms with Gasteiger partial charge in [-0.2, -0.15) is 0 Å². The molecule has 1 aromatic carbocycles. The maximum Gasteiger partial charge on any atom is 0.120 e. The van der Waals surface area contributed by atoms with E-state index >= 15 is 0 Å². The van der Waals surface area contributed by atoms with Gasteiger partial charge in [0.15, 0.2) is 0 Å². The summed E-state index contributed by atoms with van der Waals surface area (Å²) in [7, 11) is 3.62. The number of methoxy groups -OCH3 is 1. The summed E-state index contributed by atoms with van der Waals surface area (Å²) in [4.78, 5) is 0. The normalized spacial score (nSPS) is 25.1. The quantitative estimate of drug-likeness (QED) is 0.911. The molecule has 0 aliphatic carbocycles. The fraction of sp³-hybridized carbons (Fsp3) is 0.571. The van der Waals surface area contributed by atoms with E-state index in [9.17, 15) is 0 Å². The van der Waals surface area contributed by atoms with Gasteiger partial charge in [-0.3, -0.25) is 0 Å². The summed E-state index contributed by atoms with van der Waals surface area (Å²) in [6, 6.07) is 6.07. The first kappa shape index (κ1) is 13.7. The zero-order valence-electron chi connectivity index (χ0n) is 11.1. The lowest BCUT2D eigenvalue weighted by atomic mass is 9.88. The van der Waals surface area contributed by atoms with Crippen molar-refractivity contribution in [3.8, 4) is 5.75 Å². The van der Waals surface area contributed by atoms with Gasteiger partial charge in [-0.05, 0) is 38.1 Å². The number of nitrogens with one attached hydrogen (secondary N) is 1. The Labute approximate surface area is 113 Å². The van der Waals surface area contributed by atoms with Crippen LogP contribution in [-0.2, 0) is 4.74 Å². The molecule has 18 heavy (non-hydrogen) atoms. The Morgan fingerprint density at radius 3 is 2.78 bits per heavy atom. The van der Waals surface area contributed by atoms with Crippen LogP contribution in [0.4, 0.5) is 0 Å². The molecule has 0 bridgehead atoms. The van der Waals surface area contributed by atoms with Gasteiger partial charge in [-0.25, -0.2) is 0 Å². The van der Waals surface area contributed by atoms with Crippen LogP contribution >= 0.6 is 11.6 Å². The highest BCUT2D eigenvalue weighted by molar-refractivity contribution is 6.31. The average molecular weight is 270 g/mol. The van der Waals surface area contributed by atoms with Crippen LogP contribution in [0.1, 0.15) is 24.9 Å². The molecule has 0 radical (unpaired) electrons. The molecule has 100 valence electrons. The Bertz CT molecular complexity index is 411. The summed E-state index contributed by atoms with van der Waals surface area (Å²) in [5, 5.41) is 4.11. The largest absolute Gasteiger partial charge is 0.497 e. The van der Waals surface area contributed by atoms with Crippen LogP contribution in [0.25, 0.3) is 0 Å². The van der Waals surface area contributed by atoms with Gasteiger partial charge in [0.2, 0.25) is 0 Å². The van der Waals surface area contributed by atoms with Gasteiger partial charge in [0.25, 0.3) is 0 Å². The molecular weight excluding hydrogens is 250 g/mol. The van der Waals surface area contributed by atoms with Crippen molar-refractivity contribution in [2.45, 2.75) is 25.5 Å². The van der Waals surface area contributed by atoms with Crippen LogP contribution in [-0.4, -0.2) is 26.9 Å². The van der Waals surface area contributed by atoms with Gasteiger partial charge in [-0.1, -0.05) is 17.7 Å². The van der Waals surface area contributed by atoms with Gasteiger partial charge in [0.05, 0.1) is 13.2 Å². The van der Waals surface area contributed by atoms with Crippen LogP contribution < -0.4 is 10.1 Å². The molecule has 0 saturated carbocycles. The third-order valence-corrected chi connectivity index (χ3v) is 4.04. The molecule has 4 heteroatoms. The van der Waals surface area contributed by atoms with Crippen molar-refractivity contribution in [1.82, 2.24) is 5.32 Å². The molecule has 1 N–H and O–H groups in total. The smallest absolute Gasteiger partial charge is 0.120 e. The van der Waals surface area contributed by atoms with Crippen LogP contribution in [0.2, 0.25) is 5.02 Å². The van der Waals surface area contributed by atoms with Gasteiger partial charge in [0, 0.05) is 23.6 Å². The number of hydrogen-bond donors (Lipinski definition) is 1. The van der Waals surface area contributed by atoms with E-state index in [1.165, 1.54) is 0 Å². The standard InChI is InChI=1S/C14H20ClNO2/c1-9-11(6-7-18-9)14(16-2)12-5-4-10(17-3)8-13(12)15/h4-5,8-9,11,14,16H,6-7H2,1-3H3. The highest BCUT2D eigenvalue weighted by Gasteiger charge is 2.32. The predicted octanol–water partition coefficient (Wildman–Crippen LogP) is 3.03. The summed E-state index contributed by atoms with van der Waals surface area (Å²) in [5.41, 5.74) is 1.11. The third kappa shape index (κ3) is 2.63. The van der Waals surface area contributed by atoms with Crippen molar-refractivity contribution in [3.05, 3.63) is 28.8 Å². The van der Waals surface area contributed by atoms with Gasteiger partial charge < -0.3 is 14.8 Å². The van der Waals surface area contributed by atoms with Crippen LogP contribution in [0.15, 0.2) is 18.2 Å². The Morgan fingerprint density at radius 1 is 1.50 bits per heavy atom. The average Bonchev–Trinajstić information content (AvgIpc) is 2.78. The van der Waals surface area contributed by atoms with E-state index in [1.807, 2.05) is 25.2 Å². The Morgan fingerprint density at radius 2 is 2.28 bits per heavy atom. The first-order valence-corrected chi connectivity index (χ1v) is 6.67. The number of halogens is 1. The first-order chi connectivity index (χ1) is 8.67. The monoisotopic (exact) mass is 269 g/mol. The van der Waals surface area contributed by atoms with Crippen molar-refractivity contribution >= 4 is 11.6 Å². The molecule has 0 aromatic heterocycles. The first-order valence-electron chi connectivity index (χ1n) is 6.29. The molecule has 2 rings (SSSR count). The van der Waals surface area contributed by atoms with E-state index in [4.69, 9.17) is 21.1 Å². The molecule has 1 aromatic rings. The van der Waals surface area contributed by atoms with Crippen molar-refractivity contribution in [3.63, 3.8) is 0 Å². The Balaban J connectivity index is 2.27. The fourth-order valence-electron chi connectivity index (χ4n) is 2.67. The Kier molecular flexibility index (Phi) is 4.49. The van der Waals surface area contributed by atoms with E-state index in [-0.39, 0.29) is 12.1 Å². The lowest BCUT2D eigenvalue weighted by Gasteiger charge is -2.26. The maximum absolute atomic E-state index is 6.35. The lowest BCUT2D eigenvalue weighted by molar-refractivity contribution is 0.0963. The van der Waals surface area contributed by atoms with Crippen LogP contribution in [0.3, 0.4) is 0 Å². The van der Waals surface area contributed by atoms with Crippen LogP contribution in [0, 0.1) is 5.92 Å². The second-order valence-electron chi connectivity index (χ2n) is 4.68. The van der Waals surface area contributed by atoms with E-state index in [0.29, 0.717) is 5.92 Å². The molecular formula is C14H20ClNO2. The van der Waals surface area contributed by atoms with Crippen molar-refractivity contribution in [1.29, 1.82) is 0 Å². The summed E-state index contributed by atoms with van der Waals surface area (Å²) >= 11 is 6.35. The molecule has 1 saturated heterocycles. The van der Waals surface area contributed by atoms with E-state index in [1.54, 1.807) is 7.11 Å². The van der Waals surface area contributed by atoms with E-state index in [2.05, 4.69) is 12.2 Å². The van der Waals surface area contributed by atoms with Gasteiger partial charge >= 0.3 is 0 Å².